The third kappa shape index (κ3) is 11.3. The molecule has 0 atom stereocenters. The lowest BCUT2D eigenvalue weighted by Crippen LogP contribution is -2.25. The third-order valence-corrected chi connectivity index (χ3v) is 12.4. The van der Waals surface area contributed by atoms with Crippen LogP contribution in [0.3, 0.4) is 0 Å². The zero-order valence-electron chi connectivity index (χ0n) is 33.3. The van der Waals surface area contributed by atoms with E-state index < -0.39 is 25.3 Å². The van der Waals surface area contributed by atoms with Gasteiger partial charge in [-0.05, 0) is 75.4 Å². The van der Waals surface area contributed by atoms with E-state index in [9.17, 15) is 9.18 Å². The molecule has 5 aromatic rings. The van der Waals surface area contributed by atoms with Crippen LogP contribution in [0.25, 0.3) is 10.2 Å². The minimum atomic E-state index is -1.22. The Morgan fingerprint density at radius 1 is 1.07 bits per heavy atom. The predicted molar refractivity (Wildman–Crippen MR) is 222 cm³/mol. The molecular weight excluding hydrogens is 754 g/mol. The first-order valence-electron chi connectivity index (χ1n) is 18.0. The molecular formula is C40H50FN7O4S2Si. The zero-order valence-corrected chi connectivity index (χ0v) is 36.0. The number of benzene rings is 2. The van der Waals surface area contributed by atoms with Gasteiger partial charge in [0, 0.05) is 37.6 Å². The van der Waals surface area contributed by atoms with Gasteiger partial charge in [0.2, 0.25) is 0 Å². The summed E-state index contributed by atoms with van der Waals surface area (Å²) < 4.78 is 35.3. The second-order valence-corrected chi connectivity index (χ2v) is 23.3. The van der Waals surface area contributed by atoms with Crippen molar-refractivity contribution < 1.29 is 23.4 Å². The highest BCUT2D eigenvalue weighted by Gasteiger charge is 2.29. The molecule has 55 heavy (non-hydrogen) atoms. The van der Waals surface area contributed by atoms with Crippen molar-refractivity contribution in [2.75, 3.05) is 52.9 Å². The molecule has 0 aliphatic carbocycles. The lowest BCUT2D eigenvalue weighted by Gasteiger charge is -2.24. The van der Waals surface area contributed by atoms with Gasteiger partial charge in [0.25, 0.3) is 0 Å². The van der Waals surface area contributed by atoms with E-state index >= 15 is 0 Å². The van der Waals surface area contributed by atoms with Crippen molar-refractivity contribution in [3.05, 3.63) is 80.8 Å². The first kappa shape index (κ1) is 41.7. The second kappa shape index (κ2) is 18.0. The van der Waals surface area contributed by atoms with E-state index in [0.717, 1.165) is 26.6 Å². The van der Waals surface area contributed by atoms with E-state index in [4.69, 9.17) is 19.2 Å². The van der Waals surface area contributed by atoms with Crippen molar-refractivity contribution in [2.45, 2.75) is 59.6 Å². The van der Waals surface area contributed by atoms with Crippen molar-refractivity contribution in [3.63, 3.8) is 0 Å². The minimum absolute atomic E-state index is 0.140. The molecule has 11 nitrogen and oxygen atoms in total. The SMILES string of the molecule is COC(=O)c1nc(N(C)c2cc(C)c(N=c3sc4ccccc4n3COCC[Si](C)(C)C)nn2)sc1CC(C)(C)COc1ccc(C#CCN(C)C)cc1F. The number of carbonyl (C=O) groups is 1. The smallest absolute Gasteiger partial charge is 0.357 e. The molecule has 2 aromatic carbocycles. The molecule has 3 heterocycles. The van der Waals surface area contributed by atoms with Gasteiger partial charge in [-0.3, -0.25) is 9.47 Å². The van der Waals surface area contributed by atoms with Crippen molar-refractivity contribution in [2.24, 2.45) is 10.4 Å². The van der Waals surface area contributed by atoms with Crippen LogP contribution in [0.4, 0.5) is 21.2 Å². The number of hydrogen-bond acceptors (Lipinski definition) is 12. The quantitative estimate of drug-likeness (QED) is 0.0450. The molecule has 0 spiro atoms. The summed E-state index contributed by atoms with van der Waals surface area (Å²) >= 11 is 2.94. The predicted octanol–water partition coefficient (Wildman–Crippen LogP) is 8.06. The number of methoxy groups -OCH3 is 1. The van der Waals surface area contributed by atoms with Crippen molar-refractivity contribution in [1.29, 1.82) is 0 Å². The molecule has 0 N–H and O–H groups in total. The molecule has 5 rings (SSSR count). The van der Waals surface area contributed by atoms with Crippen LogP contribution >= 0.6 is 22.7 Å². The Morgan fingerprint density at radius 2 is 1.84 bits per heavy atom. The lowest BCUT2D eigenvalue weighted by molar-refractivity contribution is 0.0592. The lowest BCUT2D eigenvalue weighted by atomic mass is 9.89. The number of para-hydroxylation sites is 1. The maximum absolute atomic E-state index is 14.9. The first-order valence-corrected chi connectivity index (χ1v) is 23.3. The molecule has 15 heteroatoms. The Bertz CT molecular complexity index is 2270. The van der Waals surface area contributed by atoms with Crippen LogP contribution in [0.5, 0.6) is 5.75 Å². The van der Waals surface area contributed by atoms with Crippen LogP contribution < -0.4 is 14.4 Å². The van der Waals surface area contributed by atoms with Crippen molar-refractivity contribution >= 4 is 63.7 Å². The Balaban J connectivity index is 1.33. The van der Waals surface area contributed by atoms with Gasteiger partial charge in [0.15, 0.2) is 38.8 Å². The second-order valence-electron chi connectivity index (χ2n) is 15.6. The van der Waals surface area contributed by atoms with E-state index in [1.807, 2.05) is 65.0 Å². The number of ether oxygens (including phenoxy) is 3. The summed E-state index contributed by atoms with van der Waals surface area (Å²) in [6.07, 6.45) is 0.429. The van der Waals surface area contributed by atoms with E-state index in [1.54, 1.807) is 28.4 Å². The van der Waals surface area contributed by atoms with Crippen LogP contribution in [0.1, 0.15) is 40.3 Å². The van der Waals surface area contributed by atoms with Gasteiger partial charge in [0.05, 0.1) is 30.5 Å². The normalized spacial score (nSPS) is 12.3. The number of anilines is 2. The van der Waals surface area contributed by atoms with Gasteiger partial charge >= 0.3 is 5.97 Å². The summed E-state index contributed by atoms with van der Waals surface area (Å²) in [5, 5.41) is 9.57. The Kier molecular flexibility index (Phi) is 13.6. The van der Waals surface area contributed by atoms with Gasteiger partial charge < -0.3 is 19.1 Å². The van der Waals surface area contributed by atoms with E-state index in [1.165, 1.54) is 24.5 Å². The fourth-order valence-corrected chi connectivity index (χ4v) is 8.36. The monoisotopic (exact) mass is 803 g/mol. The summed E-state index contributed by atoms with van der Waals surface area (Å²) in [6, 6.07) is 15.9. The number of rotatable bonds is 15. The molecule has 0 saturated heterocycles. The number of halogens is 1. The number of carbonyl (C=O) groups excluding carboxylic acids is 1. The molecule has 0 saturated carbocycles. The number of aryl methyl sites for hydroxylation is 1. The molecule has 0 aliphatic heterocycles. The van der Waals surface area contributed by atoms with E-state index in [2.05, 4.69) is 63.4 Å². The molecule has 0 aliphatic rings. The minimum Gasteiger partial charge on any atom is -0.490 e. The summed E-state index contributed by atoms with van der Waals surface area (Å²) in [4.78, 5) is 27.7. The van der Waals surface area contributed by atoms with Crippen LogP contribution in [0, 0.1) is 30.0 Å². The maximum Gasteiger partial charge on any atom is 0.357 e. The number of thiazole rings is 2. The average molecular weight is 804 g/mol. The van der Waals surface area contributed by atoms with Crippen molar-refractivity contribution in [3.8, 4) is 17.6 Å². The molecule has 0 bridgehead atoms. The Hall–Kier alpha value is -4.46. The summed E-state index contributed by atoms with van der Waals surface area (Å²) in [7, 11) is 5.78. The van der Waals surface area contributed by atoms with Gasteiger partial charge in [-0.1, -0.05) is 68.8 Å². The van der Waals surface area contributed by atoms with Crippen LogP contribution in [0.15, 0.2) is 53.5 Å². The number of nitrogens with zero attached hydrogens (tertiary/aromatic N) is 7. The molecule has 0 radical (unpaired) electrons. The number of hydrogen-bond donors (Lipinski definition) is 0. The third-order valence-electron chi connectivity index (χ3n) is 8.46. The average Bonchev–Trinajstić information content (AvgIpc) is 3.69. The molecule has 0 amide bonds. The summed E-state index contributed by atoms with van der Waals surface area (Å²) in [5.74, 6) is 6.13. The van der Waals surface area contributed by atoms with Gasteiger partial charge in [-0.25, -0.2) is 14.2 Å². The highest BCUT2D eigenvalue weighted by molar-refractivity contribution is 7.16. The first-order chi connectivity index (χ1) is 26.0. The largest absolute Gasteiger partial charge is 0.490 e. The Labute approximate surface area is 331 Å². The maximum atomic E-state index is 14.9. The van der Waals surface area contributed by atoms with E-state index in [-0.39, 0.29) is 18.1 Å². The summed E-state index contributed by atoms with van der Waals surface area (Å²) in [5.41, 5.74) is 2.18. The van der Waals surface area contributed by atoms with Crippen LogP contribution in [-0.2, 0) is 22.6 Å². The van der Waals surface area contributed by atoms with Gasteiger partial charge in [-0.2, -0.15) is 4.99 Å². The van der Waals surface area contributed by atoms with Crippen LogP contribution in [0.2, 0.25) is 25.7 Å². The highest BCUT2D eigenvalue weighted by atomic mass is 32.1. The molecule has 3 aromatic heterocycles. The number of fused-ring (bicyclic) bond motifs is 1. The van der Waals surface area contributed by atoms with Gasteiger partial charge in [0.1, 0.15) is 6.73 Å². The van der Waals surface area contributed by atoms with E-state index in [0.29, 0.717) is 53.5 Å². The Morgan fingerprint density at radius 3 is 2.53 bits per heavy atom. The fraction of sp³-hybridized carbons (Fsp3) is 0.425. The standard InChI is InChI=1S/C40H50FN7O4S2Si/c1-27-22-34(44-45-36(27)43-39-48(26-51-20-21-55(8,9)10)30-15-11-12-16-32(30)53-39)47(6)38-42-35(37(49)50-7)33(54-38)24-40(2,3)25-52-31-18-17-28(23-29(31)41)14-13-19-46(4)5/h11-12,15-18,22-23H,19-21,24-26H2,1-10H3. The van der Waals surface area contributed by atoms with Crippen LogP contribution in [-0.4, -0.2) is 86.7 Å². The molecule has 0 fully saturated rings. The fourth-order valence-electron chi connectivity index (χ4n) is 5.31. The van der Waals surface area contributed by atoms with Crippen molar-refractivity contribution in [1.82, 2.24) is 24.6 Å². The summed E-state index contributed by atoms with van der Waals surface area (Å²) in [6.45, 7) is 14.8. The number of esters is 1. The highest BCUT2D eigenvalue weighted by Crippen LogP contribution is 2.36. The zero-order chi connectivity index (χ0) is 39.9. The number of aromatic nitrogens is 4. The topological polar surface area (TPSA) is 107 Å². The molecule has 0 unspecified atom stereocenters. The molecule has 292 valence electrons. The van der Waals surface area contributed by atoms with Gasteiger partial charge in [-0.15, -0.1) is 21.5 Å².